The first-order valence-corrected chi connectivity index (χ1v) is 2.12. The summed E-state index contributed by atoms with van der Waals surface area (Å²) >= 11 is 0. The van der Waals surface area contributed by atoms with Crippen LogP contribution < -0.4 is 0 Å². The van der Waals surface area contributed by atoms with Crippen LogP contribution in [-0.4, -0.2) is 19.0 Å². The fraction of sp³-hybridized carbons (Fsp3) is 0.200. The normalized spacial score (nSPS) is 7.67. The van der Waals surface area contributed by atoms with Crippen LogP contribution in [0, 0.1) is 0 Å². The number of rotatable bonds is 1. The van der Waals surface area contributed by atoms with E-state index in [9.17, 15) is 9.59 Å². The second-order valence-electron chi connectivity index (χ2n) is 1.06. The molecule has 9 heavy (non-hydrogen) atoms. The van der Waals surface area contributed by atoms with Crippen LogP contribution >= 0.6 is 0 Å². The minimum Gasteiger partial charge on any atom is -0.461 e. The number of carbonyl (C=O) groups excluding carboxylic acids is 2. The summed E-state index contributed by atoms with van der Waals surface area (Å²) in [6.45, 7) is 3.07. The molecule has 0 atom stereocenters. The summed E-state index contributed by atoms with van der Waals surface area (Å²) in [5.41, 5.74) is 0. The third-order valence-electron chi connectivity index (χ3n) is 0.542. The highest BCUT2D eigenvalue weighted by Crippen LogP contribution is 1.80. The number of methoxy groups -OCH3 is 1. The van der Waals surface area contributed by atoms with Gasteiger partial charge in [-0.3, -0.25) is 0 Å². The molecule has 0 saturated carbocycles. The lowest BCUT2D eigenvalue weighted by Crippen LogP contribution is -2.15. The third-order valence-corrected chi connectivity index (χ3v) is 0.542. The van der Waals surface area contributed by atoms with Gasteiger partial charge in [0, 0.05) is 0 Å². The van der Waals surface area contributed by atoms with E-state index in [2.05, 4.69) is 16.1 Å². The molecular weight excluding hydrogens is 124 g/mol. The van der Waals surface area contributed by atoms with E-state index < -0.39 is 11.9 Å². The maximum atomic E-state index is 10.2. The van der Waals surface area contributed by atoms with Crippen LogP contribution in [0.2, 0.25) is 0 Å². The Labute approximate surface area is 52.1 Å². The molecule has 0 aliphatic carbocycles. The maximum Gasteiger partial charge on any atom is 0.422 e. The van der Waals surface area contributed by atoms with Gasteiger partial charge in [-0.1, -0.05) is 6.58 Å². The summed E-state index contributed by atoms with van der Waals surface area (Å²) < 4.78 is 8.05. The topological polar surface area (TPSA) is 52.6 Å². The average Bonchev–Trinajstić information content (AvgIpc) is 1.87. The molecule has 0 aliphatic rings. The van der Waals surface area contributed by atoms with Crippen molar-refractivity contribution in [2.75, 3.05) is 7.11 Å². The van der Waals surface area contributed by atoms with E-state index in [0.717, 1.165) is 13.4 Å². The standard InChI is InChI=1S/C5H6O4/c1-3-9-5(7)4(6)8-2/h3H,1H2,2H3. The van der Waals surface area contributed by atoms with Gasteiger partial charge in [0.25, 0.3) is 0 Å². The summed E-state index contributed by atoms with van der Waals surface area (Å²) in [4.78, 5) is 20.4. The van der Waals surface area contributed by atoms with E-state index in [1.807, 2.05) is 0 Å². The Kier molecular flexibility index (Phi) is 3.12. The highest BCUT2D eigenvalue weighted by molar-refractivity contribution is 6.29. The molecule has 4 heteroatoms. The Morgan fingerprint density at radius 3 is 2.33 bits per heavy atom. The SMILES string of the molecule is C=COC(=O)C(=O)OC. The van der Waals surface area contributed by atoms with Crippen LogP contribution in [0.4, 0.5) is 0 Å². The minimum atomic E-state index is -1.06. The predicted molar refractivity (Wildman–Crippen MR) is 28.3 cm³/mol. The molecule has 0 amide bonds. The third kappa shape index (κ3) is 2.48. The van der Waals surface area contributed by atoms with Crippen molar-refractivity contribution in [2.45, 2.75) is 0 Å². The molecule has 0 rings (SSSR count). The maximum absolute atomic E-state index is 10.2. The van der Waals surface area contributed by atoms with Gasteiger partial charge in [0.05, 0.1) is 13.4 Å². The Morgan fingerprint density at radius 2 is 2.00 bits per heavy atom. The molecule has 0 aromatic carbocycles. The van der Waals surface area contributed by atoms with Crippen molar-refractivity contribution in [3.63, 3.8) is 0 Å². The number of hydrogen-bond donors (Lipinski definition) is 0. The van der Waals surface area contributed by atoms with Crippen LogP contribution in [0.3, 0.4) is 0 Å². The van der Waals surface area contributed by atoms with Gasteiger partial charge in [-0.05, 0) is 0 Å². The molecule has 0 unspecified atom stereocenters. The van der Waals surface area contributed by atoms with Gasteiger partial charge >= 0.3 is 11.9 Å². The summed E-state index contributed by atoms with van der Waals surface area (Å²) in [5, 5.41) is 0. The average molecular weight is 130 g/mol. The van der Waals surface area contributed by atoms with Crippen LogP contribution in [0.25, 0.3) is 0 Å². The lowest BCUT2D eigenvalue weighted by atomic mass is 10.7. The number of ether oxygens (including phenoxy) is 2. The highest BCUT2D eigenvalue weighted by Gasteiger charge is 2.12. The smallest absolute Gasteiger partial charge is 0.422 e. The van der Waals surface area contributed by atoms with Gasteiger partial charge in [-0.15, -0.1) is 0 Å². The Bertz CT molecular complexity index is 138. The van der Waals surface area contributed by atoms with E-state index in [0.29, 0.717) is 0 Å². The van der Waals surface area contributed by atoms with Crippen molar-refractivity contribution >= 4 is 11.9 Å². The summed E-state index contributed by atoms with van der Waals surface area (Å²) in [6, 6.07) is 0. The fourth-order valence-electron chi connectivity index (χ4n) is 0.207. The molecule has 0 fully saturated rings. The zero-order valence-corrected chi connectivity index (χ0v) is 4.92. The lowest BCUT2D eigenvalue weighted by molar-refractivity contribution is -0.162. The lowest BCUT2D eigenvalue weighted by Gasteiger charge is -1.93. The van der Waals surface area contributed by atoms with Crippen molar-refractivity contribution < 1.29 is 19.1 Å². The molecule has 50 valence electrons. The molecule has 0 saturated heterocycles. The van der Waals surface area contributed by atoms with Gasteiger partial charge in [0.1, 0.15) is 0 Å². The molecule has 0 aliphatic heterocycles. The second-order valence-corrected chi connectivity index (χ2v) is 1.06. The summed E-state index contributed by atoms with van der Waals surface area (Å²) in [5.74, 6) is -2.10. The summed E-state index contributed by atoms with van der Waals surface area (Å²) in [6.07, 6.45) is 0.860. The molecule has 0 aromatic heterocycles. The van der Waals surface area contributed by atoms with Crippen molar-refractivity contribution in [1.29, 1.82) is 0 Å². The largest absolute Gasteiger partial charge is 0.461 e. The van der Waals surface area contributed by atoms with Crippen LogP contribution in [-0.2, 0) is 19.1 Å². The van der Waals surface area contributed by atoms with Gasteiger partial charge in [0.15, 0.2) is 0 Å². The predicted octanol–water partition coefficient (Wildman–Crippen LogP) is -0.154. The monoisotopic (exact) mass is 130 g/mol. The van der Waals surface area contributed by atoms with Gasteiger partial charge in [-0.25, -0.2) is 9.59 Å². The summed E-state index contributed by atoms with van der Waals surface area (Å²) in [7, 11) is 1.09. The molecule has 0 aromatic rings. The molecular formula is C5H6O4. The second kappa shape index (κ2) is 3.65. The zero-order chi connectivity index (χ0) is 7.28. The number of esters is 2. The van der Waals surface area contributed by atoms with E-state index in [1.54, 1.807) is 0 Å². The van der Waals surface area contributed by atoms with E-state index in [1.165, 1.54) is 0 Å². The Morgan fingerprint density at radius 1 is 1.44 bits per heavy atom. The van der Waals surface area contributed by atoms with Gasteiger partial charge in [-0.2, -0.15) is 0 Å². The molecule has 0 radical (unpaired) electrons. The fourth-order valence-corrected chi connectivity index (χ4v) is 0.207. The van der Waals surface area contributed by atoms with Crippen LogP contribution in [0.5, 0.6) is 0 Å². The molecule has 4 nitrogen and oxygen atoms in total. The van der Waals surface area contributed by atoms with E-state index in [-0.39, 0.29) is 0 Å². The molecule has 0 heterocycles. The Balaban J connectivity index is 3.73. The van der Waals surface area contributed by atoms with Crippen LogP contribution in [0.1, 0.15) is 0 Å². The molecule has 0 spiro atoms. The molecule has 0 N–H and O–H groups in total. The van der Waals surface area contributed by atoms with Gasteiger partial charge in [0.2, 0.25) is 0 Å². The van der Waals surface area contributed by atoms with Gasteiger partial charge < -0.3 is 9.47 Å². The van der Waals surface area contributed by atoms with E-state index in [4.69, 9.17) is 0 Å². The quantitative estimate of drug-likeness (QED) is 0.281. The van der Waals surface area contributed by atoms with E-state index >= 15 is 0 Å². The first-order valence-electron chi connectivity index (χ1n) is 2.12. The zero-order valence-electron chi connectivity index (χ0n) is 4.92. The van der Waals surface area contributed by atoms with Crippen LogP contribution in [0.15, 0.2) is 12.8 Å². The van der Waals surface area contributed by atoms with Crippen molar-refractivity contribution in [1.82, 2.24) is 0 Å². The van der Waals surface area contributed by atoms with Crippen molar-refractivity contribution in [3.8, 4) is 0 Å². The first kappa shape index (κ1) is 7.68. The van der Waals surface area contributed by atoms with Crippen molar-refractivity contribution in [2.24, 2.45) is 0 Å². The number of carbonyl (C=O) groups is 2. The first-order chi connectivity index (χ1) is 4.22. The molecule has 0 bridgehead atoms. The minimum absolute atomic E-state index is 0.860. The van der Waals surface area contributed by atoms with Crippen molar-refractivity contribution in [3.05, 3.63) is 12.8 Å². The Hall–Kier alpha value is -1.32. The number of hydrogen-bond acceptors (Lipinski definition) is 4. The highest BCUT2D eigenvalue weighted by atomic mass is 16.6.